The summed E-state index contributed by atoms with van der Waals surface area (Å²) in [5.74, 6) is -1.41. The van der Waals surface area contributed by atoms with Gasteiger partial charge in [0.25, 0.3) is 22.3 Å². The number of pyridine rings is 2. The van der Waals surface area contributed by atoms with Crippen molar-refractivity contribution in [3.8, 4) is 56.8 Å². The number of carbonyl (C=O) groups excluding carboxylic acids is 2. The zero-order valence-electron chi connectivity index (χ0n) is 45.8. The summed E-state index contributed by atoms with van der Waals surface area (Å²) in [7, 11) is -3.12. The summed E-state index contributed by atoms with van der Waals surface area (Å²) < 4.78 is 101. The number of anilines is 2. The molecule has 0 fully saturated rings. The fraction of sp³-hybridized carbons (Fsp3) is 0.200. The van der Waals surface area contributed by atoms with Crippen molar-refractivity contribution in [2.75, 3.05) is 39.5 Å². The van der Waals surface area contributed by atoms with E-state index in [4.69, 9.17) is 36.3 Å². The Labute approximate surface area is 482 Å². The van der Waals surface area contributed by atoms with E-state index in [1.165, 1.54) is 113 Å². The maximum absolute atomic E-state index is 13.7. The minimum absolute atomic E-state index is 0.0918. The van der Waals surface area contributed by atoms with E-state index in [-0.39, 0.29) is 38.0 Å². The highest BCUT2D eigenvalue weighted by Gasteiger charge is 2.34. The molecule has 0 spiro atoms. The molecule has 0 saturated heterocycles. The molecule has 2 heterocycles. The second-order valence-corrected chi connectivity index (χ2v) is 22.2. The van der Waals surface area contributed by atoms with Gasteiger partial charge >= 0.3 is 0 Å². The van der Waals surface area contributed by atoms with Gasteiger partial charge in [0.05, 0.1) is 60.5 Å². The second kappa shape index (κ2) is 28.1. The van der Waals surface area contributed by atoms with Crippen molar-refractivity contribution in [1.29, 1.82) is 0 Å². The van der Waals surface area contributed by atoms with Gasteiger partial charge in [-0.2, -0.15) is 0 Å². The van der Waals surface area contributed by atoms with E-state index in [0.717, 1.165) is 25.0 Å². The molecule has 83 heavy (non-hydrogen) atoms. The number of amides is 1. The molecule has 0 saturated carbocycles. The molecule has 0 bridgehead atoms. The van der Waals surface area contributed by atoms with Crippen molar-refractivity contribution < 1.29 is 64.4 Å². The normalized spacial score (nSPS) is 11.0. The largest absolute Gasteiger partial charge is 0.506 e. The second-order valence-electron chi connectivity index (χ2n) is 18.1. The molecule has 436 valence electrons. The lowest BCUT2D eigenvalue weighted by Crippen LogP contribution is -2.21. The summed E-state index contributed by atoms with van der Waals surface area (Å²) >= 11 is 5.09. The van der Waals surface area contributed by atoms with Gasteiger partial charge in [-0.15, -0.1) is 0 Å². The van der Waals surface area contributed by atoms with E-state index in [1.807, 2.05) is 13.8 Å². The average Bonchev–Trinajstić information content (AvgIpc) is 2.81. The number of nitrogen functional groups attached to an aromatic ring is 1. The Morgan fingerprint density at radius 3 is 1.23 bits per heavy atom. The van der Waals surface area contributed by atoms with Crippen molar-refractivity contribution in [1.82, 2.24) is 9.97 Å². The average molecular weight is 1200 g/mol. The van der Waals surface area contributed by atoms with Crippen LogP contribution in [0.5, 0.6) is 34.5 Å². The van der Waals surface area contributed by atoms with Crippen molar-refractivity contribution in [3.05, 3.63) is 188 Å². The molecular weight excluding hydrogens is 1140 g/mol. The minimum Gasteiger partial charge on any atom is -0.506 e. The van der Waals surface area contributed by atoms with Crippen LogP contribution in [0.2, 0.25) is 0 Å². The molecule has 8 aromatic rings. The lowest BCUT2D eigenvalue weighted by molar-refractivity contribution is 0.102. The summed E-state index contributed by atoms with van der Waals surface area (Å²) in [4.78, 5) is 52.3. The molecule has 0 atom stereocenters. The van der Waals surface area contributed by atoms with Gasteiger partial charge in [0.1, 0.15) is 46.1 Å². The van der Waals surface area contributed by atoms with Crippen LogP contribution in [0.1, 0.15) is 71.6 Å². The van der Waals surface area contributed by atoms with Gasteiger partial charge in [-0.1, -0.05) is 38.8 Å². The zero-order valence-corrected chi connectivity index (χ0v) is 48.2. The van der Waals surface area contributed by atoms with Crippen molar-refractivity contribution in [3.63, 3.8) is 0 Å². The number of H-pyrrole nitrogens is 2. The van der Waals surface area contributed by atoms with Crippen LogP contribution in [-0.2, 0) is 32.5 Å². The number of sulfone groups is 2. The summed E-state index contributed by atoms with van der Waals surface area (Å²) in [5, 5.41) is 24.8. The van der Waals surface area contributed by atoms with E-state index in [1.54, 1.807) is 36.4 Å². The fourth-order valence-electron chi connectivity index (χ4n) is 8.54. The van der Waals surface area contributed by atoms with E-state index < -0.39 is 69.0 Å². The third kappa shape index (κ3) is 14.6. The standard InChI is InChI=1S/C30H29FN2O7S.C23H26N2O6S.C7H4ClFO/c1-4-5-7-22-25(26-23(39-2)8-6-9-24(26)40-3)27(34)28(30(36)33-22)41(37,38)21-16-14-20(15-17-21)32-29(35)18-10-12-19(31)13-11-18;1-4-5-7-16-19(20-17(30-2)8-6-9-18(20)31-3)21(26)22(23(27)25-16)32(28,29)15-12-10-14(24)11-13-15;8-7(10)5-1-3-6(9)4-2-5/h6,8-17H,4-5,7H2,1-3H3,(H,32,35)(H2,33,34,36);6,8-13H,4-5,7,24H2,1-3H3,(H2,25,26,27);1-4H. The number of halogens is 3. The highest BCUT2D eigenvalue weighted by molar-refractivity contribution is 7.92. The summed E-state index contributed by atoms with van der Waals surface area (Å²) in [6, 6.07) is 30.5. The highest BCUT2D eigenvalue weighted by Crippen LogP contribution is 2.48. The molecule has 2 aromatic heterocycles. The van der Waals surface area contributed by atoms with Crippen molar-refractivity contribution >= 4 is 53.8 Å². The number of hydrogen-bond donors (Lipinski definition) is 6. The number of carbonyl (C=O) groups is 2. The van der Waals surface area contributed by atoms with Gasteiger partial charge in [-0.05, 0) is 159 Å². The number of unbranched alkanes of at least 4 members (excludes halogenated alkanes) is 2. The van der Waals surface area contributed by atoms with Gasteiger partial charge in [-0.3, -0.25) is 19.2 Å². The van der Waals surface area contributed by atoms with E-state index in [2.05, 4.69) is 15.3 Å². The lowest BCUT2D eigenvalue weighted by atomic mass is 9.98. The van der Waals surface area contributed by atoms with E-state index >= 15 is 0 Å². The number of hydrogen-bond acceptors (Lipinski definition) is 15. The smallest absolute Gasteiger partial charge is 0.271 e. The maximum atomic E-state index is 13.7. The monoisotopic (exact) mass is 1200 g/mol. The molecule has 0 radical (unpaired) electrons. The van der Waals surface area contributed by atoms with Crippen LogP contribution in [0, 0.1) is 11.6 Å². The molecule has 0 aliphatic carbocycles. The Kier molecular flexibility index (Phi) is 21.4. The van der Waals surface area contributed by atoms with Crippen molar-refractivity contribution in [2.24, 2.45) is 0 Å². The number of nitrogens with two attached hydrogens (primary N) is 1. The minimum atomic E-state index is -4.54. The van der Waals surface area contributed by atoms with Gasteiger partial charge < -0.3 is 50.2 Å². The van der Waals surface area contributed by atoms with E-state index in [0.29, 0.717) is 82.4 Å². The van der Waals surface area contributed by atoms with Crippen LogP contribution >= 0.6 is 11.6 Å². The Morgan fingerprint density at radius 2 is 0.892 bits per heavy atom. The van der Waals surface area contributed by atoms with Gasteiger partial charge in [0.15, 0.2) is 9.79 Å². The summed E-state index contributed by atoms with van der Waals surface area (Å²) in [6.45, 7) is 3.95. The quantitative estimate of drug-likeness (QED) is 0.0324. The van der Waals surface area contributed by atoms with Crippen LogP contribution in [0.4, 0.5) is 20.2 Å². The predicted molar refractivity (Wildman–Crippen MR) is 311 cm³/mol. The maximum Gasteiger partial charge on any atom is 0.271 e. The SMILES string of the molecule is CCCCc1[nH]c(=O)c(S(=O)(=O)c2ccc(N)cc2)c(O)c1-c1c(OC)cccc1OC.CCCCc1[nH]c(=O)c(S(=O)(=O)c2ccc(NC(=O)c3ccc(F)cc3)cc2)c(O)c1-c1c(OC)cccc1OC.O=C(Cl)c1ccc(F)cc1. The van der Waals surface area contributed by atoms with Crippen LogP contribution in [0.25, 0.3) is 22.3 Å². The van der Waals surface area contributed by atoms with Crippen LogP contribution in [0.3, 0.4) is 0 Å². The molecule has 8 rings (SSSR count). The molecule has 1 amide bonds. The Bertz CT molecular complexity index is 3930. The number of ether oxygens (including phenoxy) is 4. The number of nitrogens with one attached hydrogen (secondary N) is 3. The lowest BCUT2D eigenvalue weighted by Gasteiger charge is -2.19. The number of benzene rings is 6. The van der Waals surface area contributed by atoms with E-state index in [9.17, 15) is 55.0 Å². The molecule has 18 nitrogen and oxygen atoms in total. The fourth-order valence-corrected chi connectivity index (χ4v) is 11.4. The predicted octanol–water partition coefficient (Wildman–Crippen LogP) is 11.1. The molecule has 0 unspecified atom stereocenters. The molecular formula is C60H59ClF2N4O14S2. The Hall–Kier alpha value is -8.99. The first-order valence-corrected chi connectivity index (χ1v) is 28.8. The van der Waals surface area contributed by atoms with Crippen LogP contribution in [-0.4, -0.2) is 76.6 Å². The number of aromatic hydroxyl groups is 2. The number of rotatable bonds is 19. The third-order valence-electron chi connectivity index (χ3n) is 12.7. The van der Waals surface area contributed by atoms with Gasteiger partial charge in [0, 0.05) is 33.9 Å². The number of methoxy groups -OCH3 is 4. The van der Waals surface area contributed by atoms with Crippen LogP contribution in [0.15, 0.2) is 163 Å². The van der Waals surface area contributed by atoms with Gasteiger partial charge in [0.2, 0.25) is 19.7 Å². The Morgan fingerprint density at radius 1 is 0.542 bits per heavy atom. The first-order valence-electron chi connectivity index (χ1n) is 25.4. The summed E-state index contributed by atoms with van der Waals surface area (Å²) in [6.07, 6.45) is 3.77. The highest BCUT2D eigenvalue weighted by atomic mass is 35.5. The first kappa shape index (κ1) is 63.2. The van der Waals surface area contributed by atoms with Crippen LogP contribution < -0.4 is 41.1 Å². The number of aromatic amines is 2. The molecule has 23 heteroatoms. The number of aromatic nitrogens is 2. The topological polar surface area (TPSA) is 284 Å². The first-order chi connectivity index (χ1) is 39.6. The van der Waals surface area contributed by atoms with Gasteiger partial charge in [-0.25, -0.2) is 25.6 Å². The summed E-state index contributed by atoms with van der Waals surface area (Å²) in [5.41, 5.74) is 6.58. The molecule has 0 aliphatic rings. The zero-order chi connectivity index (χ0) is 60.8. The molecule has 0 aliphatic heterocycles. The molecule has 6 aromatic carbocycles. The number of aryl methyl sites for hydroxylation is 2. The van der Waals surface area contributed by atoms with Crippen molar-refractivity contribution in [2.45, 2.75) is 72.0 Å². The Balaban J connectivity index is 0.000000233. The third-order valence-corrected chi connectivity index (χ3v) is 16.5. The molecule has 7 N–H and O–H groups in total.